The molecule has 0 aromatic heterocycles. The van der Waals surface area contributed by atoms with Crippen molar-refractivity contribution in [2.24, 2.45) is 5.92 Å². The molecule has 1 aromatic carbocycles. The Bertz CT molecular complexity index is 504. The molecule has 0 saturated carbocycles. The zero-order valence-electron chi connectivity index (χ0n) is 9.87. The molecule has 0 bridgehead atoms. The van der Waals surface area contributed by atoms with Crippen LogP contribution in [0.1, 0.15) is 31.2 Å². The first kappa shape index (κ1) is 13.0. The van der Waals surface area contributed by atoms with Crippen molar-refractivity contribution in [1.29, 1.82) is 0 Å². The topological polar surface area (TPSA) is 46.2 Å². The number of imide groups is 1. The second-order valence-electron chi connectivity index (χ2n) is 4.41. The second-order valence-corrected chi connectivity index (χ2v) is 4.82. The van der Waals surface area contributed by atoms with E-state index in [9.17, 15) is 14.0 Å². The number of carbonyl (C=O) groups excluding carboxylic acids is 2. The van der Waals surface area contributed by atoms with E-state index in [1.165, 1.54) is 12.1 Å². The molecule has 2 unspecified atom stereocenters. The maximum absolute atomic E-state index is 13.4. The van der Waals surface area contributed by atoms with Gasteiger partial charge in [0.2, 0.25) is 11.8 Å². The molecule has 2 atom stereocenters. The molecule has 0 spiro atoms. The SMILES string of the molecule is CCC1C(=O)NC(=O)CC1c1ccc(Cl)c(F)c1. The van der Waals surface area contributed by atoms with E-state index in [1.54, 1.807) is 6.07 Å². The van der Waals surface area contributed by atoms with Crippen LogP contribution in [0.25, 0.3) is 0 Å². The Kier molecular flexibility index (Phi) is 3.66. The van der Waals surface area contributed by atoms with Crippen LogP contribution in [0.3, 0.4) is 0 Å². The zero-order chi connectivity index (χ0) is 13.3. The molecule has 1 aromatic rings. The van der Waals surface area contributed by atoms with Crippen molar-refractivity contribution < 1.29 is 14.0 Å². The molecule has 0 aliphatic carbocycles. The Hall–Kier alpha value is -1.42. The quantitative estimate of drug-likeness (QED) is 0.839. The van der Waals surface area contributed by atoms with Crippen LogP contribution in [0.5, 0.6) is 0 Å². The van der Waals surface area contributed by atoms with Gasteiger partial charge in [-0.25, -0.2) is 4.39 Å². The summed E-state index contributed by atoms with van der Waals surface area (Å²) in [7, 11) is 0. The van der Waals surface area contributed by atoms with Gasteiger partial charge in [0.1, 0.15) is 5.82 Å². The highest BCUT2D eigenvalue weighted by molar-refractivity contribution is 6.30. The maximum Gasteiger partial charge on any atom is 0.230 e. The van der Waals surface area contributed by atoms with Crippen LogP contribution in [-0.2, 0) is 9.59 Å². The molecule has 1 fully saturated rings. The summed E-state index contributed by atoms with van der Waals surface area (Å²) in [6.45, 7) is 1.87. The summed E-state index contributed by atoms with van der Waals surface area (Å²) in [6.07, 6.45) is 0.805. The fourth-order valence-electron chi connectivity index (χ4n) is 2.37. The van der Waals surface area contributed by atoms with Gasteiger partial charge >= 0.3 is 0 Å². The zero-order valence-corrected chi connectivity index (χ0v) is 10.6. The van der Waals surface area contributed by atoms with E-state index in [-0.39, 0.29) is 35.1 Å². The Morgan fingerprint density at radius 1 is 1.44 bits per heavy atom. The summed E-state index contributed by atoms with van der Waals surface area (Å²) in [5.41, 5.74) is 0.645. The van der Waals surface area contributed by atoms with Crippen LogP contribution in [0, 0.1) is 11.7 Å². The molecular weight excluding hydrogens is 257 g/mol. The van der Waals surface area contributed by atoms with Gasteiger partial charge in [0.05, 0.1) is 5.02 Å². The number of benzene rings is 1. The Balaban J connectivity index is 2.36. The average Bonchev–Trinajstić information content (AvgIpc) is 2.32. The normalized spacial score (nSPS) is 23.9. The lowest BCUT2D eigenvalue weighted by Crippen LogP contribution is -2.44. The number of hydrogen-bond donors (Lipinski definition) is 1. The molecule has 18 heavy (non-hydrogen) atoms. The van der Waals surface area contributed by atoms with Gasteiger partial charge in [0.15, 0.2) is 0 Å². The fraction of sp³-hybridized carbons (Fsp3) is 0.385. The second kappa shape index (κ2) is 5.06. The van der Waals surface area contributed by atoms with Crippen LogP contribution in [0.15, 0.2) is 18.2 Å². The van der Waals surface area contributed by atoms with Gasteiger partial charge in [0.25, 0.3) is 0 Å². The van der Waals surface area contributed by atoms with Crippen molar-refractivity contribution >= 4 is 23.4 Å². The average molecular weight is 270 g/mol. The molecule has 1 aliphatic rings. The molecule has 1 N–H and O–H groups in total. The highest BCUT2D eigenvalue weighted by atomic mass is 35.5. The number of halogens is 2. The first-order valence-electron chi connectivity index (χ1n) is 5.81. The molecule has 0 radical (unpaired) electrons. The van der Waals surface area contributed by atoms with Crippen molar-refractivity contribution in [2.75, 3.05) is 0 Å². The van der Waals surface area contributed by atoms with Gasteiger partial charge in [0, 0.05) is 18.3 Å². The minimum Gasteiger partial charge on any atom is -0.296 e. The molecule has 2 rings (SSSR count). The highest BCUT2D eigenvalue weighted by Gasteiger charge is 2.35. The minimum atomic E-state index is -0.526. The third-order valence-corrected chi connectivity index (χ3v) is 3.61. The van der Waals surface area contributed by atoms with E-state index in [2.05, 4.69) is 5.32 Å². The number of piperidine rings is 1. The lowest BCUT2D eigenvalue weighted by Gasteiger charge is -2.29. The molecule has 1 heterocycles. The van der Waals surface area contributed by atoms with Gasteiger partial charge in [-0.3, -0.25) is 14.9 Å². The standard InChI is InChI=1S/C13H13ClFNO2/c1-2-8-9(6-12(17)16-13(8)18)7-3-4-10(14)11(15)5-7/h3-5,8-9H,2,6H2,1H3,(H,16,17,18). The molecule has 1 aliphatic heterocycles. The highest BCUT2D eigenvalue weighted by Crippen LogP contribution is 2.34. The molecule has 3 nitrogen and oxygen atoms in total. The maximum atomic E-state index is 13.4. The van der Waals surface area contributed by atoms with Crippen LogP contribution < -0.4 is 5.32 Å². The van der Waals surface area contributed by atoms with E-state index in [0.717, 1.165) is 0 Å². The number of rotatable bonds is 2. The van der Waals surface area contributed by atoms with Crippen LogP contribution >= 0.6 is 11.6 Å². The summed E-state index contributed by atoms with van der Waals surface area (Å²) in [4.78, 5) is 23.1. The lowest BCUT2D eigenvalue weighted by atomic mass is 9.79. The summed E-state index contributed by atoms with van der Waals surface area (Å²) >= 11 is 5.63. The predicted octanol–water partition coefficient (Wildman–Crippen LogP) is 2.64. The number of hydrogen-bond acceptors (Lipinski definition) is 2. The summed E-state index contributed by atoms with van der Waals surface area (Å²) in [5, 5.41) is 2.35. The van der Waals surface area contributed by atoms with E-state index < -0.39 is 5.82 Å². The van der Waals surface area contributed by atoms with Crippen LogP contribution in [0.2, 0.25) is 5.02 Å². The van der Waals surface area contributed by atoms with Gasteiger partial charge in [-0.15, -0.1) is 0 Å². The van der Waals surface area contributed by atoms with Crippen molar-refractivity contribution in [3.8, 4) is 0 Å². The molecule has 1 saturated heterocycles. The largest absolute Gasteiger partial charge is 0.296 e. The van der Waals surface area contributed by atoms with Crippen LogP contribution in [-0.4, -0.2) is 11.8 Å². The summed E-state index contributed by atoms with van der Waals surface area (Å²) in [5.74, 6) is -1.70. The Morgan fingerprint density at radius 2 is 2.17 bits per heavy atom. The van der Waals surface area contributed by atoms with E-state index in [1.807, 2.05) is 6.92 Å². The van der Waals surface area contributed by atoms with Gasteiger partial charge in [-0.2, -0.15) is 0 Å². The van der Waals surface area contributed by atoms with E-state index in [4.69, 9.17) is 11.6 Å². The minimum absolute atomic E-state index is 0.0402. The number of nitrogens with one attached hydrogen (secondary N) is 1. The number of carbonyl (C=O) groups is 2. The van der Waals surface area contributed by atoms with Gasteiger partial charge in [-0.05, 0) is 24.1 Å². The molecular formula is C13H13ClFNO2. The lowest BCUT2D eigenvalue weighted by molar-refractivity contribution is -0.137. The molecule has 5 heteroatoms. The Morgan fingerprint density at radius 3 is 2.78 bits per heavy atom. The molecule has 2 amide bonds. The smallest absolute Gasteiger partial charge is 0.230 e. The fourth-order valence-corrected chi connectivity index (χ4v) is 2.49. The number of amides is 2. The summed E-state index contributed by atoms with van der Waals surface area (Å²) < 4.78 is 13.4. The van der Waals surface area contributed by atoms with E-state index in [0.29, 0.717) is 12.0 Å². The Labute approximate surface area is 109 Å². The third-order valence-electron chi connectivity index (χ3n) is 3.30. The monoisotopic (exact) mass is 269 g/mol. The molecule has 96 valence electrons. The van der Waals surface area contributed by atoms with Crippen molar-refractivity contribution in [3.63, 3.8) is 0 Å². The van der Waals surface area contributed by atoms with Gasteiger partial charge in [-0.1, -0.05) is 24.6 Å². The van der Waals surface area contributed by atoms with Crippen LogP contribution in [0.4, 0.5) is 4.39 Å². The van der Waals surface area contributed by atoms with Crippen molar-refractivity contribution in [1.82, 2.24) is 5.32 Å². The van der Waals surface area contributed by atoms with Crippen molar-refractivity contribution in [2.45, 2.75) is 25.7 Å². The first-order valence-corrected chi connectivity index (χ1v) is 6.19. The van der Waals surface area contributed by atoms with Gasteiger partial charge < -0.3 is 0 Å². The predicted molar refractivity (Wildman–Crippen MR) is 65.7 cm³/mol. The van der Waals surface area contributed by atoms with Crippen molar-refractivity contribution in [3.05, 3.63) is 34.6 Å². The third kappa shape index (κ3) is 2.38. The first-order chi connectivity index (χ1) is 8.52. The summed E-state index contributed by atoms with van der Waals surface area (Å²) in [6, 6.07) is 4.43. The van der Waals surface area contributed by atoms with E-state index >= 15 is 0 Å².